The Morgan fingerprint density at radius 2 is 2.05 bits per heavy atom. The fraction of sp³-hybridized carbons (Fsp3) is 0.536. The van der Waals surface area contributed by atoms with Gasteiger partial charge in [0.05, 0.1) is 25.9 Å². The minimum atomic E-state index is -0.450. The van der Waals surface area contributed by atoms with E-state index in [-0.39, 0.29) is 18.5 Å². The van der Waals surface area contributed by atoms with E-state index < -0.39 is 5.97 Å². The Balaban J connectivity index is 1.44. The van der Waals surface area contributed by atoms with E-state index in [1.807, 2.05) is 18.3 Å². The second kappa shape index (κ2) is 12.1. The van der Waals surface area contributed by atoms with E-state index in [4.69, 9.17) is 14.5 Å². The Bertz CT molecular complexity index is 1260. The number of carbonyl (C=O) groups excluding carboxylic acids is 1. The molecule has 204 valence electrons. The summed E-state index contributed by atoms with van der Waals surface area (Å²) in [4.78, 5) is 22.5. The third-order valence-electron chi connectivity index (χ3n) is 7.31. The van der Waals surface area contributed by atoms with Crippen LogP contribution in [0.25, 0.3) is 5.65 Å². The first-order chi connectivity index (χ1) is 18.6. The van der Waals surface area contributed by atoms with Crippen LogP contribution in [-0.4, -0.2) is 78.0 Å². The number of aromatic nitrogens is 3. The quantitative estimate of drug-likeness (QED) is 0.397. The summed E-state index contributed by atoms with van der Waals surface area (Å²) in [5.74, 6) is 0.546. The van der Waals surface area contributed by atoms with Gasteiger partial charge in [0.2, 0.25) is 0 Å². The molecule has 3 aromatic rings. The molecule has 4 heterocycles. The van der Waals surface area contributed by atoms with Crippen LogP contribution in [-0.2, 0) is 15.9 Å². The zero-order valence-electron chi connectivity index (χ0n) is 22.3. The maximum Gasteiger partial charge on any atom is 0.345 e. The molecule has 2 saturated heterocycles. The Labute approximate surface area is 222 Å². The summed E-state index contributed by atoms with van der Waals surface area (Å²) in [6, 6.07) is 7.08. The number of fused-ring (bicyclic) bond motifs is 1. The Kier molecular flexibility index (Phi) is 8.38. The fourth-order valence-corrected chi connectivity index (χ4v) is 5.49. The Hall–Kier alpha value is -3.24. The molecule has 5 rings (SSSR count). The number of esters is 1. The van der Waals surface area contributed by atoms with Crippen molar-refractivity contribution in [1.29, 1.82) is 0 Å². The van der Waals surface area contributed by atoms with Crippen LogP contribution in [0.2, 0.25) is 0 Å². The lowest BCUT2D eigenvalue weighted by atomic mass is 9.95. The third kappa shape index (κ3) is 5.61. The molecule has 2 aromatic heterocycles. The molecule has 1 aromatic carbocycles. The van der Waals surface area contributed by atoms with Gasteiger partial charge in [0, 0.05) is 38.9 Å². The number of benzene rings is 1. The average molecular weight is 525 g/mol. The fourth-order valence-electron chi connectivity index (χ4n) is 5.49. The predicted molar refractivity (Wildman–Crippen MR) is 144 cm³/mol. The van der Waals surface area contributed by atoms with Gasteiger partial charge in [-0.25, -0.2) is 18.7 Å². The van der Waals surface area contributed by atoms with E-state index in [2.05, 4.69) is 27.1 Å². The van der Waals surface area contributed by atoms with Gasteiger partial charge >= 0.3 is 5.97 Å². The van der Waals surface area contributed by atoms with Gasteiger partial charge < -0.3 is 19.7 Å². The topological polar surface area (TPSA) is 84.2 Å². The molecule has 0 unspecified atom stereocenters. The van der Waals surface area contributed by atoms with E-state index in [1.165, 1.54) is 5.56 Å². The molecule has 9 nitrogen and oxygen atoms in total. The number of halogens is 1. The standard InChI is InChI=1S/C28H37FN6O3/c1-3-6-20-8-9-21(29)19-22(20)23-7-5-12-34(23)24-10-13-35-27(31-24)25(28(36)38-4-2)26(32-35)30-11-14-33-15-17-37-18-16-33/h8-10,13,19,23H,3-7,11-12,14-18H2,1-2H3,(H,30,32)/t23-/m1/s1. The summed E-state index contributed by atoms with van der Waals surface area (Å²) in [7, 11) is 0. The summed E-state index contributed by atoms with van der Waals surface area (Å²) in [6.07, 6.45) is 5.64. The van der Waals surface area contributed by atoms with Gasteiger partial charge in [0.1, 0.15) is 17.2 Å². The summed E-state index contributed by atoms with van der Waals surface area (Å²) in [6.45, 7) is 9.72. The minimum absolute atomic E-state index is 0.0299. The maximum absolute atomic E-state index is 14.3. The van der Waals surface area contributed by atoms with Crippen molar-refractivity contribution >= 4 is 23.3 Å². The van der Waals surface area contributed by atoms with Crippen molar-refractivity contribution in [1.82, 2.24) is 19.5 Å². The summed E-state index contributed by atoms with van der Waals surface area (Å²) in [5, 5.41) is 7.95. The molecular weight excluding hydrogens is 487 g/mol. The third-order valence-corrected chi connectivity index (χ3v) is 7.31. The molecule has 0 amide bonds. The molecule has 0 spiro atoms. The first kappa shape index (κ1) is 26.4. The van der Waals surface area contributed by atoms with Gasteiger partial charge in [0.25, 0.3) is 0 Å². The number of nitrogens with one attached hydrogen (secondary N) is 1. The van der Waals surface area contributed by atoms with Crippen molar-refractivity contribution in [3.05, 3.63) is 53.0 Å². The van der Waals surface area contributed by atoms with Crippen molar-refractivity contribution in [2.45, 2.75) is 45.6 Å². The van der Waals surface area contributed by atoms with Crippen molar-refractivity contribution in [2.75, 3.05) is 62.8 Å². The average Bonchev–Trinajstić information content (AvgIpc) is 3.55. The first-order valence-corrected chi connectivity index (χ1v) is 13.7. The summed E-state index contributed by atoms with van der Waals surface area (Å²) >= 11 is 0. The van der Waals surface area contributed by atoms with Crippen LogP contribution < -0.4 is 10.2 Å². The number of hydrogen-bond acceptors (Lipinski definition) is 8. The molecule has 2 fully saturated rings. The van der Waals surface area contributed by atoms with Crippen molar-refractivity contribution in [3.8, 4) is 0 Å². The monoisotopic (exact) mass is 524 g/mol. The van der Waals surface area contributed by atoms with Crippen LogP contribution in [0.1, 0.15) is 60.6 Å². The van der Waals surface area contributed by atoms with Gasteiger partial charge in [-0.3, -0.25) is 4.90 Å². The highest BCUT2D eigenvalue weighted by Crippen LogP contribution is 2.38. The SMILES string of the molecule is CCCc1ccc(F)cc1[C@H]1CCCN1c1ccn2nc(NCCN3CCOCC3)c(C(=O)OCC)c2n1. The number of hydrogen-bond donors (Lipinski definition) is 1. The van der Waals surface area contributed by atoms with Crippen LogP contribution in [0, 0.1) is 5.82 Å². The van der Waals surface area contributed by atoms with Gasteiger partial charge in [-0.05, 0) is 55.5 Å². The zero-order chi connectivity index (χ0) is 26.5. The lowest BCUT2D eigenvalue weighted by molar-refractivity contribution is 0.0398. The zero-order valence-corrected chi connectivity index (χ0v) is 22.3. The molecular formula is C28H37FN6O3. The number of aryl methyl sites for hydroxylation is 1. The van der Waals surface area contributed by atoms with Crippen LogP contribution in [0.15, 0.2) is 30.5 Å². The van der Waals surface area contributed by atoms with Gasteiger partial charge in [0.15, 0.2) is 11.5 Å². The van der Waals surface area contributed by atoms with Crippen molar-refractivity contribution in [2.24, 2.45) is 0 Å². The molecule has 0 radical (unpaired) electrons. The van der Waals surface area contributed by atoms with E-state index in [9.17, 15) is 9.18 Å². The first-order valence-electron chi connectivity index (χ1n) is 13.7. The molecule has 1 N–H and O–H groups in total. The maximum atomic E-state index is 14.3. The molecule has 1 atom stereocenters. The van der Waals surface area contributed by atoms with Gasteiger partial charge in [-0.2, -0.15) is 0 Å². The number of nitrogens with zero attached hydrogens (tertiary/aromatic N) is 5. The second-order valence-corrected chi connectivity index (χ2v) is 9.82. The summed E-state index contributed by atoms with van der Waals surface area (Å²) in [5.41, 5.74) is 2.99. The highest BCUT2D eigenvalue weighted by Gasteiger charge is 2.30. The van der Waals surface area contributed by atoms with E-state index in [1.54, 1.807) is 23.6 Å². The molecule has 0 aliphatic carbocycles. The van der Waals surface area contributed by atoms with Crippen LogP contribution in [0.5, 0.6) is 0 Å². The predicted octanol–water partition coefficient (Wildman–Crippen LogP) is 4.08. The number of ether oxygens (including phenoxy) is 2. The summed E-state index contributed by atoms with van der Waals surface area (Å²) < 4.78 is 26.7. The lowest BCUT2D eigenvalue weighted by Crippen LogP contribution is -2.39. The highest BCUT2D eigenvalue weighted by atomic mass is 19.1. The van der Waals surface area contributed by atoms with Gasteiger partial charge in [-0.1, -0.05) is 19.4 Å². The second-order valence-electron chi connectivity index (χ2n) is 9.82. The Morgan fingerprint density at radius 1 is 1.21 bits per heavy atom. The van der Waals surface area contributed by atoms with Crippen molar-refractivity contribution < 1.29 is 18.7 Å². The normalized spacial score (nSPS) is 18.3. The van der Waals surface area contributed by atoms with E-state index in [0.717, 1.165) is 76.5 Å². The molecule has 0 bridgehead atoms. The minimum Gasteiger partial charge on any atom is -0.462 e. The van der Waals surface area contributed by atoms with E-state index >= 15 is 0 Å². The number of carbonyl (C=O) groups is 1. The Morgan fingerprint density at radius 3 is 2.84 bits per heavy atom. The van der Waals surface area contributed by atoms with Crippen molar-refractivity contribution in [3.63, 3.8) is 0 Å². The number of anilines is 2. The lowest BCUT2D eigenvalue weighted by Gasteiger charge is -2.28. The van der Waals surface area contributed by atoms with Gasteiger partial charge in [-0.15, -0.1) is 5.10 Å². The highest BCUT2D eigenvalue weighted by molar-refractivity contribution is 6.01. The molecule has 10 heteroatoms. The van der Waals surface area contributed by atoms with Crippen LogP contribution in [0.3, 0.4) is 0 Å². The van der Waals surface area contributed by atoms with Crippen LogP contribution in [0.4, 0.5) is 16.0 Å². The molecule has 2 aliphatic heterocycles. The molecule has 38 heavy (non-hydrogen) atoms. The largest absolute Gasteiger partial charge is 0.462 e. The molecule has 2 aliphatic rings. The number of rotatable bonds is 10. The number of morpholine rings is 1. The molecule has 0 saturated carbocycles. The van der Waals surface area contributed by atoms with E-state index in [0.29, 0.717) is 23.6 Å². The smallest absolute Gasteiger partial charge is 0.345 e. The van der Waals surface area contributed by atoms with Crippen LogP contribution >= 0.6 is 0 Å².